The standard InChI is InChI=1S/C12H6N4/c13-7-9-3-1-5-11(15-9)12-6-2-4-10(8-14)16-12/h1-6H. The highest BCUT2D eigenvalue weighted by Gasteiger charge is 2.02. The van der Waals surface area contributed by atoms with Crippen LogP contribution >= 0.6 is 0 Å². The van der Waals surface area contributed by atoms with Crippen molar-refractivity contribution in [3.05, 3.63) is 47.8 Å². The molecule has 0 radical (unpaired) electrons. The molecular formula is C12H6N4. The summed E-state index contributed by atoms with van der Waals surface area (Å²) in [7, 11) is 0. The lowest BCUT2D eigenvalue weighted by Crippen LogP contribution is -1.91. The summed E-state index contributed by atoms with van der Waals surface area (Å²) in [5, 5.41) is 17.4. The lowest BCUT2D eigenvalue weighted by molar-refractivity contribution is 1.20. The molecule has 0 fully saturated rings. The van der Waals surface area contributed by atoms with Gasteiger partial charge in [-0.15, -0.1) is 0 Å². The molecule has 0 saturated heterocycles. The van der Waals surface area contributed by atoms with Gasteiger partial charge in [0, 0.05) is 0 Å². The Morgan fingerprint density at radius 3 is 1.56 bits per heavy atom. The van der Waals surface area contributed by atoms with E-state index in [9.17, 15) is 0 Å². The average molecular weight is 206 g/mol. The van der Waals surface area contributed by atoms with Gasteiger partial charge in [-0.2, -0.15) is 10.5 Å². The largest absolute Gasteiger partial charge is 0.235 e. The van der Waals surface area contributed by atoms with Gasteiger partial charge in [0.2, 0.25) is 0 Å². The molecule has 0 N–H and O–H groups in total. The molecule has 0 aromatic carbocycles. The summed E-state index contributed by atoms with van der Waals surface area (Å²) < 4.78 is 0. The van der Waals surface area contributed by atoms with Crippen LogP contribution in [0, 0.1) is 22.7 Å². The second-order valence-electron chi connectivity index (χ2n) is 3.04. The van der Waals surface area contributed by atoms with Gasteiger partial charge in [-0.3, -0.25) is 0 Å². The molecule has 2 aromatic rings. The minimum atomic E-state index is 0.335. The highest BCUT2D eigenvalue weighted by Crippen LogP contribution is 2.14. The molecule has 0 saturated carbocycles. The number of nitriles is 2. The molecule has 2 heterocycles. The van der Waals surface area contributed by atoms with Crippen molar-refractivity contribution in [3.8, 4) is 23.5 Å². The predicted octanol–water partition coefficient (Wildman–Crippen LogP) is 1.89. The van der Waals surface area contributed by atoms with Crippen molar-refractivity contribution < 1.29 is 0 Å². The minimum Gasteiger partial charge on any atom is -0.235 e. The molecule has 16 heavy (non-hydrogen) atoms. The Balaban J connectivity index is 2.51. The molecule has 0 spiro atoms. The minimum absolute atomic E-state index is 0.335. The summed E-state index contributed by atoms with van der Waals surface area (Å²) in [5.41, 5.74) is 1.86. The first-order valence-electron chi connectivity index (χ1n) is 4.58. The Hall–Kier alpha value is -2.72. The fourth-order valence-electron chi connectivity index (χ4n) is 1.28. The van der Waals surface area contributed by atoms with Gasteiger partial charge in [0.15, 0.2) is 0 Å². The van der Waals surface area contributed by atoms with Crippen LogP contribution in [0.15, 0.2) is 36.4 Å². The van der Waals surface area contributed by atoms with Gasteiger partial charge in [-0.1, -0.05) is 12.1 Å². The lowest BCUT2D eigenvalue weighted by Gasteiger charge is -1.99. The number of nitrogens with zero attached hydrogens (tertiary/aromatic N) is 4. The molecule has 2 aromatic heterocycles. The van der Waals surface area contributed by atoms with E-state index in [0.29, 0.717) is 22.8 Å². The number of pyridine rings is 2. The second-order valence-corrected chi connectivity index (χ2v) is 3.04. The Morgan fingerprint density at radius 1 is 0.750 bits per heavy atom. The molecule has 2 rings (SSSR count). The summed E-state index contributed by atoms with van der Waals surface area (Å²) in [6.45, 7) is 0. The van der Waals surface area contributed by atoms with Crippen LogP contribution in [-0.4, -0.2) is 9.97 Å². The Bertz CT molecular complexity index is 549. The number of aromatic nitrogens is 2. The Kier molecular flexibility index (Phi) is 2.58. The molecule has 0 atom stereocenters. The van der Waals surface area contributed by atoms with Crippen molar-refractivity contribution in [2.24, 2.45) is 0 Å². The molecule has 74 valence electrons. The molecule has 4 nitrogen and oxygen atoms in total. The van der Waals surface area contributed by atoms with Crippen LogP contribution in [0.3, 0.4) is 0 Å². The highest BCUT2D eigenvalue weighted by molar-refractivity contribution is 5.55. The third kappa shape index (κ3) is 1.87. The van der Waals surface area contributed by atoms with Gasteiger partial charge in [0.1, 0.15) is 23.5 Å². The summed E-state index contributed by atoms with van der Waals surface area (Å²) in [5.74, 6) is 0. The van der Waals surface area contributed by atoms with Gasteiger partial charge in [0.25, 0.3) is 0 Å². The van der Waals surface area contributed by atoms with E-state index in [1.54, 1.807) is 36.4 Å². The van der Waals surface area contributed by atoms with E-state index in [2.05, 4.69) is 9.97 Å². The SMILES string of the molecule is N#Cc1cccc(-c2cccc(C#N)n2)n1. The van der Waals surface area contributed by atoms with Crippen LogP contribution in [0.2, 0.25) is 0 Å². The smallest absolute Gasteiger partial charge is 0.141 e. The van der Waals surface area contributed by atoms with Crippen LogP contribution in [0.25, 0.3) is 11.4 Å². The van der Waals surface area contributed by atoms with E-state index in [4.69, 9.17) is 10.5 Å². The first-order valence-corrected chi connectivity index (χ1v) is 4.58. The zero-order chi connectivity index (χ0) is 11.4. The highest BCUT2D eigenvalue weighted by atomic mass is 14.8. The predicted molar refractivity (Wildman–Crippen MR) is 56.9 cm³/mol. The summed E-state index contributed by atoms with van der Waals surface area (Å²) >= 11 is 0. The number of rotatable bonds is 1. The van der Waals surface area contributed by atoms with Gasteiger partial charge in [0.05, 0.1) is 11.4 Å². The van der Waals surface area contributed by atoms with E-state index in [-0.39, 0.29) is 0 Å². The second kappa shape index (κ2) is 4.20. The third-order valence-electron chi connectivity index (χ3n) is 1.99. The van der Waals surface area contributed by atoms with E-state index < -0.39 is 0 Å². The monoisotopic (exact) mass is 206 g/mol. The van der Waals surface area contributed by atoms with Crippen LogP contribution in [-0.2, 0) is 0 Å². The maximum absolute atomic E-state index is 8.72. The Morgan fingerprint density at radius 2 is 1.19 bits per heavy atom. The van der Waals surface area contributed by atoms with Gasteiger partial charge in [-0.05, 0) is 24.3 Å². The third-order valence-corrected chi connectivity index (χ3v) is 1.99. The van der Waals surface area contributed by atoms with Crippen LogP contribution in [0.1, 0.15) is 11.4 Å². The van der Waals surface area contributed by atoms with E-state index >= 15 is 0 Å². The van der Waals surface area contributed by atoms with Crippen molar-refractivity contribution >= 4 is 0 Å². The molecule has 0 aliphatic heterocycles. The van der Waals surface area contributed by atoms with Crippen LogP contribution in [0.5, 0.6) is 0 Å². The number of hydrogen-bond acceptors (Lipinski definition) is 4. The topological polar surface area (TPSA) is 73.4 Å². The number of hydrogen-bond donors (Lipinski definition) is 0. The molecule has 0 aliphatic carbocycles. The van der Waals surface area contributed by atoms with E-state index in [0.717, 1.165) is 0 Å². The van der Waals surface area contributed by atoms with E-state index in [1.807, 2.05) is 12.1 Å². The molecule has 0 amide bonds. The first kappa shape index (κ1) is 9.82. The fraction of sp³-hybridized carbons (Fsp3) is 0. The summed E-state index contributed by atoms with van der Waals surface area (Å²) in [6.07, 6.45) is 0. The van der Waals surface area contributed by atoms with E-state index in [1.165, 1.54) is 0 Å². The zero-order valence-electron chi connectivity index (χ0n) is 8.25. The normalized spacial score (nSPS) is 9.12. The molecule has 4 heteroatoms. The van der Waals surface area contributed by atoms with Crippen molar-refractivity contribution in [3.63, 3.8) is 0 Å². The average Bonchev–Trinajstić information content (AvgIpc) is 2.39. The van der Waals surface area contributed by atoms with Gasteiger partial charge >= 0.3 is 0 Å². The maximum atomic E-state index is 8.72. The maximum Gasteiger partial charge on any atom is 0.141 e. The summed E-state index contributed by atoms with van der Waals surface area (Å²) in [4.78, 5) is 8.21. The molecular weight excluding hydrogens is 200 g/mol. The van der Waals surface area contributed by atoms with Crippen LogP contribution in [0.4, 0.5) is 0 Å². The fourth-order valence-corrected chi connectivity index (χ4v) is 1.28. The summed E-state index contributed by atoms with van der Waals surface area (Å²) in [6, 6.07) is 14.2. The first-order chi connectivity index (χ1) is 7.83. The Labute approximate surface area is 92.4 Å². The molecule has 0 aliphatic rings. The zero-order valence-corrected chi connectivity index (χ0v) is 8.25. The van der Waals surface area contributed by atoms with Gasteiger partial charge < -0.3 is 0 Å². The molecule has 0 bridgehead atoms. The van der Waals surface area contributed by atoms with Crippen molar-refractivity contribution in [1.29, 1.82) is 10.5 Å². The van der Waals surface area contributed by atoms with Crippen LogP contribution < -0.4 is 0 Å². The van der Waals surface area contributed by atoms with Crippen molar-refractivity contribution in [2.45, 2.75) is 0 Å². The quantitative estimate of drug-likeness (QED) is 0.714. The van der Waals surface area contributed by atoms with Gasteiger partial charge in [-0.25, -0.2) is 9.97 Å². The van der Waals surface area contributed by atoms with Crippen molar-refractivity contribution in [1.82, 2.24) is 9.97 Å². The molecule has 0 unspecified atom stereocenters. The lowest BCUT2D eigenvalue weighted by atomic mass is 10.2. The van der Waals surface area contributed by atoms with Crippen molar-refractivity contribution in [2.75, 3.05) is 0 Å².